The first-order chi connectivity index (χ1) is 8.36. The van der Waals surface area contributed by atoms with Gasteiger partial charge in [-0.15, -0.1) is 0 Å². The molecule has 110 valence electrons. The van der Waals surface area contributed by atoms with Gasteiger partial charge in [0.25, 0.3) is 5.97 Å². The first kappa shape index (κ1) is 19.7. The summed E-state index contributed by atoms with van der Waals surface area (Å²) in [6, 6.07) is 3.95. The maximum Gasteiger partial charge on any atom is 0.394 e. The Balaban J connectivity index is 0. The molecule has 0 amide bonds. The Labute approximate surface area is 112 Å². The molecule has 7 nitrogen and oxygen atoms in total. The average molecular weight is 294 g/mol. The second-order valence-corrected chi connectivity index (χ2v) is 4.54. The fourth-order valence-corrected chi connectivity index (χ4v) is 0.936. The van der Waals surface area contributed by atoms with Gasteiger partial charge in [0.1, 0.15) is 5.75 Å². The van der Waals surface area contributed by atoms with E-state index in [1.165, 1.54) is 0 Å². The van der Waals surface area contributed by atoms with Crippen LogP contribution in [-0.4, -0.2) is 33.7 Å². The fraction of sp³-hybridized carbons (Fsp3) is 0.364. The number of phenolic OH excluding ortho intramolecular Hbond substituents is 1. The third-order valence-corrected chi connectivity index (χ3v) is 1.90. The highest BCUT2D eigenvalue weighted by Crippen LogP contribution is 2.23. The van der Waals surface area contributed by atoms with Gasteiger partial charge in [-0.2, -0.15) is 8.42 Å². The molecule has 1 rings (SSSR count). The monoisotopic (exact) mass is 294 g/mol. The summed E-state index contributed by atoms with van der Waals surface area (Å²) in [4.78, 5) is 9.00. The molecule has 0 heterocycles. The SMILES string of the molecule is CC(=O)O.Cc1ccc(C)c(O)c1C.O=S(=O)(O)O. The lowest BCUT2D eigenvalue weighted by atomic mass is 10.1. The lowest BCUT2D eigenvalue weighted by Gasteiger charge is -2.04. The molecule has 0 aliphatic carbocycles. The summed E-state index contributed by atoms with van der Waals surface area (Å²) in [6.45, 7) is 6.91. The van der Waals surface area contributed by atoms with Gasteiger partial charge in [-0.25, -0.2) is 0 Å². The second kappa shape index (κ2) is 8.46. The van der Waals surface area contributed by atoms with Gasteiger partial charge in [0.2, 0.25) is 0 Å². The van der Waals surface area contributed by atoms with Crippen LogP contribution in [0.5, 0.6) is 5.75 Å². The largest absolute Gasteiger partial charge is 0.507 e. The third kappa shape index (κ3) is 14.3. The minimum absolute atomic E-state index is 0.431. The fourth-order valence-electron chi connectivity index (χ4n) is 0.936. The number of rotatable bonds is 0. The number of aromatic hydroxyl groups is 1. The molecule has 8 heteroatoms. The van der Waals surface area contributed by atoms with Crippen LogP contribution in [0.3, 0.4) is 0 Å². The molecule has 0 saturated carbocycles. The van der Waals surface area contributed by atoms with E-state index in [9.17, 15) is 5.11 Å². The molecule has 1 aromatic rings. The standard InChI is InChI=1S/C9H12O.C2H4O2.H2O4S/c1-6-4-5-7(2)9(10)8(6)3;1-2(3)4;1-5(2,3)4/h4-5,10H,1-3H3;1H3,(H,3,4);(H2,1,2,3,4). The van der Waals surface area contributed by atoms with Gasteiger partial charge in [-0.3, -0.25) is 13.9 Å². The zero-order valence-electron chi connectivity index (χ0n) is 11.1. The highest BCUT2D eigenvalue weighted by molar-refractivity contribution is 7.79. The first-order valence-corrected chi connectivity index (χ1v) is 6.41. The van der Waals surface area contributed by atoms with Crippen LogP contribution < -0.4 is 0 Å². The topological polar surface area (TPSA) is 132 Å². The summed E-state index contributed by atoms with van der Waals surface area (Å²) >= 11 is 0. The van der Waals surface area contributed by atoms with Crippen molar-refractivity contribution >= 4 is 16.4 Å². The summed E-state index contributed by atoms with van der Waals surface area (Å²) < 4.78 is 31.6. The van der Waals surface area contributed by atoms with Crippen LogP contribution >= 0.6 is 0 Å². The summed E-state index contributed by atoms with van der Waals surface area (Å²) in [6.07, 6.45) is 0. The van der Waals surface area contributed by atoms with Gasteiger partial charge >= 0.3 is 10.4 Å². The lowest BCUT2D eigenvalue weighted by Crippen LogP contribution is -1.89. The Morgan fingerprint density at radius 1 is 1.05 bits per heavy atom. The Kier molecular flexibility index (Phi) is 8.77. The van der Waals surface area contributed by atoms with Gasteiger partial charge in [0, 0.05) is 6.92 Å². The van der Waals surface area contributed by atoms with E-state index in [2.05, 4.69) is 0 Å². The van der Waals surface area contributed by atoms with E-state index < -0.39 is 16.4 Å². The number of benzene rings is 1. The van der Waals surface area contributed by atoms with Crippen LogP contribution in [0.4, 0.5) is 0 Å². The third-order valence-electron chi connectivity index (χ3n) is 1.90. The summed E-state index contributed by atoms with van der Waals surface area (Å²) in [5, 5.41) is 16.8. The number of carboxylic acids is 1. The van der Waals surface area contributed by atoms with E-state index in [-0.39, 0.29) is 0 Å². The maximum absolute atomic E-state index is 9.39. The van der Waals surface area contributed by atoms with Crippen molar-refractivity contribution in [2.45, 2.75) is 27.7 Å². The molecule has 0 aliphatic heterocycles. The van der Waals surface area contributed by atoms with Crippen molar-refractivity contribution in [3.63, 3.8) is 0 Å². The zero-order chi connectivity index (χ0) is 15.8. The normalized spacial score (nSPS) is 9.58. The molecular formula is C11H18O7S. The average Bonchev–Trinajstić information content (AvgIpc) is 2.17. The van der Waals surface area contributed by atoms with Crippen molar-refractivity contribution in [3.05, 3.63) is 28.8 Å². The smallest absolute Gasteiger partial charge is 0.394 e. The Hall–Kier alpha value is -1.64. The molecular weight excluding hydrogens is 276 g/mol. The molecule has 4 N–H and O–H groups in total. The molecule has 0 bridgehead atoms. The van der Waals surface area contributed by atoms with E-state index in [0.717, 1.165) is 23.6 Å². The van der Waals surface area contributed by atoms with Gasteiger partial charge in [0.15, 0.2) is 0 Å². The first-order valence-electron chi connectivity index (χ1n) is 5.01. The van der Waals surface area contributed by atoms with Crippen molar-refractivity contribution in [2.75, 3.05) is 0 Å². The lowest BCUT2D eigenvalue weighted by molar-refractivity contribution is -0.134. The van der Waals surface area contributed by atoms with E-state index in [4.69, 9.17) is 27.4 Å². The van der Waals surface area contributed by atoms with Gasteiger partial charge in [0.05, 0.1) is 0 Å². The van der Waals surface area contributed by atoms with Crippen molar-refractivity contribution < 1.29 is 32.5 Å². The number of carbonyl (C=O) groups is 1. The quantitative estimate of drug-likeness (QED) is 0.536. The molecule has 0 unspecified atom stereocenters. The molecule has 0 aromatic heterocycles. The highest BCUT2D eigenvalue weighted by Gasteiger charge is 2.00. The minimum atomic E-state index is -4.67. The Bertz CT molecular complexity index is 481. The van der Waals surface area contributed by atoms with Crippen LogP contribution in [0, 0.1) is 20.8 Å². The highest BCUT2D eigenvalue weighted by atomic mass is 32.3. The van der Waals surface area contributed by atoms with Crippen molar-refractivity contribution in [2.24, 2.45) is 0 Å². The molecule has 19 heavy (non-hydrogen) atoms. The summed E-state index contributed by atoms with van der Waals surface area (Å²) in [5.41, 5.74) is 3.08. The molecule has 0 atom stereocenters. The van der Waals surface area contributed by atoms with Gasteiger partial charge in [-0.1, -0.05) is 12.1 Å². The zero-order valence-corrected chi connectivity index (χ0v) is 11.9. The predicted molar refractivity (Wildman–Crippen MR) is 69.8 cm³/mol. The van der Waals surface area contributed by atoms with Crippen molar-refractivity contribution in [3.8, 4) is 5.75 Å². The van der Waals surface area contributed by atoms with E-state index in [0.29, 0.717) is 5.75 Å². The molecule has 0 saturated heterocycles. The number of phenols is 1. The van der Waals surface area contributed by atoms with Crippen LogP contribution in [0.15, 0.2) is 12.1 Å². The Morgan fingerprint density at radius 3 is 1.58 bits per heavy atom. The van der Waals surface area contributed by atoms with Crippen molar-refractivity contribution in [1.82, 2.24) is 0 Å². The number of aryl methyl sites for hydroxylation is 2. The van der Waals surface area contributed by atoms with Gasteiger partial charge < -0.3 is 10.2 Å². The van der Waals surface area contributed by atoms with Crippen LogP contribution in [0.25, 0.3) is 0 Å². The van der Waals surface area contributed by atoms with Crippen LogP contribution in [-0.2, 0) is 15.2 Å². The number of hydrogen-bond donors (Lipinski definition) is 4. The Morgan fingerprint density at radius 2 is 1.32 bits per heavy atom. The van der Waals surface area contributed by atoms with E-state index in [1.54, 1.807) is 0 Å². The van der Waals surface area contributed by atoms with Crippen LogP contribution in [0.1, 0.15) is 23.6 Å². The molecule has 0 fully saturated rings. The molecule has 0 radical (unpaired) electrons. The number of hydrogen-bond acceptors (Lipinski definition) is 4. The molecule has 1 aromatic carbocycles. The summed E-state index contributed by atoms with van der Waals surface area (Å²) in [5.74, 6) is -0.403. The van der Waals surface area contributed by atoms with Crippen molar-refractivity contribution in [1.29, 1.82) is 0 Å². The molecule has 0 aliphatic rings. The van der Waals surface area contributed by atoms with E-state index in [1.807, 2.05) is 32.9 Å². The predicted octanol–water partition coefficient (Wildman–Crippen LogP) is 1.76. The summed E-state index contributed by atoms with van der Waals surface area (Å²) in [7, 11) is -4.67. The minimum Gasteiger partial charge on any atom is -0.507 e. The maximum atomic E-state index is 9.39. The van der Waals surface area contributed by atoms with Crippen LogP contribution in [0.2, 0.25) is 0 Å². The second-order valence-electron chi connectivity index (χ2n) is 3.64. The number of carboxylic acid groups (broad SMARTS) is 1. The van der Waals surface area contributed by atoms with E-state index >= 15 is 0 Å². The number of aliphatic carboxylic acids is 1. The molecule has 0 spiro atoms. The van der Waals surface area contributed by atoms with Gasteiger partial charge in [-0.05, 0) is 37.5 Å².